The van der Waals surface area contributed by atoms with Crippen molar-refractivity contribution in [1.29, 1.82) is 0 Å². The predicted molar refractivity (Wildman–Crippen MR) is 35.7 cm³/mol. The summed E-state index contributed by atoms with van der Waals surface area (Å²) in [7, 11) is 0. The zero-order valence-electron chi connectivity index (χ0n) is 6.38. The van der Waals surface area contributed by atoms with Crippen molar-refractivity contribution >= 4 is 0 Å². The third-order valence-corrected chi connectivity index (χ3v) is 1.63. The molecule has 0 spiro atoms. The summed E-state index contributed by atoms with van der Waals surface area (Å²) < 4.78 is 40.8. The van der Waals surface area contributed by atoms with Gasteiger partial charge in [0.05, 0.1) is 6.61 Å². The zero-order chi connectivity index (χ0) is 9.47. The first-order valence-corrected chi connectivity index (χ1v) is 3.58. The molecule has 13 heavy (non-hydrogen) atoms. The number of aromatic nitrogens is 2. The minimum absolute atomic E-state index is 0.109. The Morgan fingerprint density at radius 3 is 2.23 bits per heavy atom. The molecule has 0 amide bonds. The van der Waals surface area contributed by atoms with Gasteiger partial charge in [-0.2, -0.15) is 13.2 Å². The van der Waals surface area contributed by atoms with Gasteiger partial charge in [0, 0.05) is 18.0 Å². The van der Waals surface area contributed by atoms with E-state index in [1.54, 1.807) is 0 Å². The van der Waals surface area contributed by atoms with Gasteiger partial charge in [0.2, 0.25) is 5.82 Å². The molecule has 1 atom stereocenters. The maximum absolute atomic E-state index is 12.0. The van der Waals surface area contributed by atoms with Crippen molar-refractivity contribution in [2.45, 2.75) is 12.3 Å². The van der Waals surface area contributed by atoms with Crippen LogP contribution in [0.2, 0.25) is 0 Å². The standard InChI is InChI=1S/C7H5F3N2O/c8-7(9,10)6-11-1-4(2-12-6)5-3-13-5/h1-2,5H,3H2. The normalized spacial score (nSPS) is 21.6. The van der Waals surface area contributed by atoms with Crippen molar-refractivity contribution in [1.82, 2.24) is 9.97 Å². The largest absolute Gasteiger partial charge is 0.451 e. The molecule has 0 N–H and O–H groups in total. The van der Waals surface area contributed by atoms with E-state index in [2.05, 4.69) is 9.97 Å². The Hall–Kier alpha value is -1.17. The molecule has 70 valence electrons. The number of alkyl halides is 3. The number of hydrogen-bond donors (Lipinski definition) is 0. The SMILES string of the molecule is FC(F)(F)c1ncc(C2CO2)cn1. The van der Waals surface area contributed by atoms with Crippen LogP contribution in [0.1, 0.15) is 17.5 Å². The predicted octanol–water partition coefficient (Wildman–Crippen LogP) is 1.57. The van der Waals surface area contributed by atoms with E-state index in [9.17, 15) is 13.2 Å². The fraction of sp³-hybridized carbons (Fsp3) is 0.429. The van der Waals surface area contributed by atoms with Crippen molar-refractivity contribution < 1.29 is 17.9 Å². The highest BCUT2D eigenvalue weighted by Gasteiger charge is 2.35. The Morgan fingerprint density at radius 2 is 1.85 bits per heavy atom. The molecule has 1 aliphatic heterocycles. The molecular weight excluding hydrogens is 185 g/mol. The van der Waals surface area contributed by atoms with Gasteiger partial charge in [0.25, 0.3) is 0 Å². The van der Waals surface area contributed by atoms with Crippen molar-refractivity contribution in [3.8, 4) is 0 Å². The lowest BCUT2D eigenvalue weighted by atomic mass is 10.3. The molecule has 3 nitrogen and oxygen atoms in total. The lowest BCUT2D eigenvalue weighted by molar-refractivity contribution is -0.145. The Morgan fingerprint density at radius 1 is 1.31 bits per heavy atom. The summed E-state index contributed by atoms with van der Waals surface area (Å²) in [6.07, 6.45) is -2.29. The number of hydrogen-bond acceptors (Lipinski definition) is 3. The molecule has 1 unspecified atom stereocenters. The Labute approximate surface area is 71.6 Å². The molecule has 1 aromatic heterocycles. The molecule has 1 aliphatic rings. The molecule has 0 bridgehead atoms. The molecule has 1 fully saturated rings. The van der Waals surface area contributed by atoms with Crippen LogP contribution in [-0.2, 0) is 10.9 Å². The van der Waals surface area contributed by atoms with E-state index in [1.165, 1.54) is 0 Å². The van der Waals surface area contributed by atoms with Crippen molar-refractivity contribution in [2.24, 2.45) is 0 Å². The van der Waals surface area contributed by atoms with E-state index in [0.29, 0.717) is 12.2 Å². The van der Waals surface area contributed by atoms with Gasteiger partial charge < -0.3 is 4.74 Å². The van der Waals surface area contributed by atoms with Crippen molar-refractivity contribution in [2.75, 3.05) is 6.61 Å². The minimum Gasteiger partial charge on any atom is -0.368 e. The molecule has 1 saturated heterocycles. The summed E-state index contributed by atoms with van der Waals surface area (Å²) in [5, 5.41) is 0. The minimum atomic E-state index is -4.47. The third-order valence-electron chi connectivity index (χ3n) is 1.63. The summed E-state index contributed by atoms with van der Waals surface area (Å²) >= 11 is 0. The van der Waals surface area contributed by atoms with Gasteiger partial charge in [-0.15, -0.1) is 0 Å². The average Bonchev–Trinajstić information content (AvgIpc) is 2.85. The molecule has 6 heteroatoms. The fourth-order valence-corrected chi connectivity index (χ4v) is 0.891. The molecule has 0 aliphatic carbocycles. The molecule has 0 radical (unpaired) electrons. The van der Waals surface area contributed by atoms with Gasteiger partial charge in [-0.3, -0.25) is 0 Å². The van der Waals surface area contributed by atoms with Crippen LogP contribution in [0.5, 0.6) is 0 Å². The monoisotopic (exact) mass is 190 g/mol. The lowest BCUT2D eigenvalue weighted by Gasteiger charge is -2.03. The molecular formula is C7H5F3N2O. The fourth-order valence-electron chi connectivity index (χ4n) is 0.891. The smallest absolute Gasteiger partial charge is 0.368 e. The number of rotatable bonds is 1. The van der Waals surface area contributed by atoms with Crippen LogP contribution in [-0.4, -0.2) is 16.6 Å². The Kier molecular flexibility index (Phi) is 1.73. The summed E-state index contributed by atoms with van der Waals surface area (Å²) in [6, 6.07) is 0. The maximum Gasteiger partial charge on any atom is 0.451 e. The van der Waals surface area contributed by atoms with Crippen molar-refractivity contribution in [3.05, 3.63) is 23.8 Å². The summed E-state index contributed by atoms with van der Waals surface area (Å²) in [5.41, 5.74) is 0.591. The quantitative estimate of drug-likeness (QED) is 0.631. The summed E-state index contributed by atoms with van der Waals surface area (Å²) in [5.74, 6) is -1.11. The highest BCUT2D eigenvalue weighted by Crippen LogP contribution is 2.30. The average molecular weight is 190 g/mol. The van der Waals surface area contributed by atoms with Gasteiger partial charge in [-0.05, 0) is 0 Å². The second kappa shape index (κ2) is 2.66. The molecule has 0 saturated carbocycles. The van der Waals surface area contributed by atoms with Crippen LogP contribution >= 0.6 is 0 Å². The second-order valence-corrected chi connectivity index (χ2v) is 2.66. The van der Waals surface area contributed by atoms with Gasteiger partial charge >= 0.3 is 6.18 Å². The highest BCUT2D eigenvalue weighted by molar-refractivity contribution is 5.13. The van der Waals surface area contributed by atoms with Gasteiger partial charge in [0.15, 0.2) is 0 Å². The van der Waals surface area contributed by atoms with Gasteiger partial charge in [0.1, 0.15) is 6.10 Å². The Bertz CT molecular complexity index is 305. The van der Waals surface area contributed by atoms with Crippen LogP contribution in [0.25, 0.3) is 0 Å². The second-order valence-electron chi connectivity index (χ2n) is 2.66. The summed E-state index contributed by atoms with van der Waals surface area (Å²) in [6.45, 7) is 0.536. The number of epoxide rings is 1. The highest BCUT2D eigenvalue weighted by atomic mass is 19.4. The number of nitrogens with zero attached hydrogens (tertiary/aromatic N) is 2. The van der Waals surface area contributed by atoms with E-state index < -0.39 is 12.0 Å². The summed E-state index contributed by atoms with van der Waals surface area (Å²) in [4.78, 5) is 6.39. The molecule has 2 heterocycles. The molecule has 0 aromatic carbocycles. The molecule has 1 aromatic rings. The first kappa shape index (κ1) is 8.43. The van der Waals surface area contributed by atoms with E-state index in [1.807, 2.05) is 0 Å². The number of halogens is 3. The number of ether oxygens (including phenoxy) is 1. The van der Waals surface area contributed by atoms with Crippen LogP contribution in [0, 0.1) is 0 Å². The van der Waals surface area contributed by atoms with Gasteiger partial charge in [-0.1, -0.05) is 0 Å². The van der Waals surface area contributed by atoms with E-state index in [-0.39, 0.29) is 6.10 Å². The Balaban J connectivity index is 2.22. The zero-order valence-corrected chi connectivity index (χ0v) is 6.38. The first-order chi connectivity index (χ1) is 6.07. The van der Waals surface area contributed by atoms with Crippen molar-refractivity contribution in [3.63, 3.8) is 0 Å². The van der Waals surface area contributed by atoms with Crippen LogP contribution in [0.4, 0.5) is 13.2 Å². The van der Waals surface area contributed by atoms with E-state index in [4.69, 9.17) is 4.74 Å². The van der Waals surface area contributed by atoms with E-state index >= 15 is 0 Å². The lowest BCUT2D eigenvalue weighted by Crippen LogP contribution is -2.10. The first-order valence-electron chi connectivity index (χ1n) is 3.58. The molecule has 2 rings (SSSR count). The van der Waals surface area contributed by atoms with E-state index in [0.717, 1.165) is 12.4 Å². The maximum atomic E-state index is 12.0. The van der Waals surface area contributed by atoms with Crippen LogP contribution in [0.15, 0.2) is 12.4 Å². The topological polar surface area (TPSA) is 38.3 Å². The third kappa shape index (κ3) is 1.77. The van der Waals surface area contributed by atoms with Crippen LogP contribution < -0.4 is 0 Å². The van der Waals surface area contributed by atoms with Crippen LogP contribution in [0.3, 0.4) is 0 Å². The van der Waals surface area contributed by atoms with Gasteiger partial charge in [-0.25, -0.2) is 9.97 Å².